The fourth-order valence-electron chi connectivity index (χ4n) is 2.07. The maximum atomic E-state index is 4.47. The number of nitrogens with one attached hydrogen (secondary N) is 1. The molecule has 2 aromatic heterocycles. The van der Waals surface area contributed by atoms with Gasteiger partial charge in [0.2, 0.25) is 0 Å². The van der Waals surface area contributed by atoms with E-state index in [0.717, 1.165) is 31.6 Å². The van der Waals surface area contributed by atoms with E-state index in [1.165, 1.54) is 4.88 Å². The summed E-state index contributed by atoms with van der Waals surface area (Å²) in [5.41, 5.74) is 1.12. The van der Waals surface area contributed by atoms with Gasteiger partial charge in [0.05, 0.1) is 18.1 Å². The molecule has 0 bridgehead atoms. The van der Waals surface area contributed by atoms with E-state index in [1.807, 2.05) is 17.7 Å². The molecule has 0 saturated heterocycles. The number of rotatable bonds is 7. The van der Waals surface area contributed by atoms with Crippen molar-refractivity contribution in [3.05, 3.63) is 40.6 Å². The predicted molar refractivity (Wildman–Crippen MR) is 77.0 cm³/mol. The molecule has 0 spiro atoms. The van der Waals surface area contributed by atoms with Crippen LogP contribution in [0.5, 0.6) is 0 Å². The smallest absolute Gasteiger partial charge is 0.0956 e. The molecule has 1 atom stereocenters. The Kier molecular flexibility index (Phi) is 4.96. The van der Waals surface area contributed by atoms with Gasteiger partial charge in [-0.1, -0.05) is 19.9 Å². The van der Waals surface area contributed by atoms with Crippen LogP contribution in [0, 0.1) is 0 Å². The van der Waals surface area contributed by atoms with Crippen molar-refractivity contribution in [1.29, 1.82) is 0 Å². The largest absolute Gasteiger partial charge is 0.329 e. The normalized spacial score (nSPS) is 12.8. The third kappa shape index (κ3) is 3.21. The van der Waals surface area contributed by atoms with Gasteiger partial charge in [-0.15, -0.1) is 11.3 Å². The van der Waals surface area contributed by atoms with E-state index in [9.17, 15) is 0 Å². The second-order valence-corrected chi connectivity index (χ2v) is 5.41. The van der Waals surface area contributed by atoms with Crippen molar-refractivity contribution in [3.63, 3.8) is 0 Å². The lowest BCUT2D eigenvalue weighted by molar-refractivity contribution is 0.574. The van der Waals surface area contributed by atoms with Crippen molar-refractivity contribution >= 4 is 11.3 Å². The van der Waals surface area contributed by atoms with Crippen LogP contribution >= 0.6 is 11.3 Å². The van der Waals surface area contributed by atoms with E-state index < -0.39 is 0 Å². The van der Waals surface area contributed by atoms with Gasteiger partial charge in [0.25, 0.3) is 0 Å². The molecule has 4 heteroatoms. The zero-order chi connectivity index (χ0) is 12.8. The van der Waals surface area contributed by atoms with Crippen LogP contribution < -0.4 is 5.32 Å². The first kappa shape index (κ1) is 13.3. The minimum atomic E-state index is 0.428. The predicted octanol–water partition coefficient (Wildman–Crippen LogP) is 3.44. The van der Waals surface area contributed by atoms with Crippen LogP contribution in [0.4, 0.5) is 0 Å². The van der Waals surface area contributed by atoms with E-state index in [1.54, 1.807) is 0 Å². The standard InChI is InChI=1S/C14H21N3S/c1-3-7-15-9-12-10-17(11-16-12)13(4-2)14-6-5-8-18-14/h5-6,8,10-11,13,15H,3-4,7,9H2,1-2H3. The average molecular weight is 263 g/mol. The van der Waals surface area contributed by atoms with E-state index in [-0.39, 0.29) is 0 Å². The zero-order valence-corrected chi connectivity index (χ0v) is 11.9. The maximum Gasteiger partial charge on any atom is 0.0956 e. The molecule has 1 unspecified atom stereocenters. The molecule has 0 aliphatic carbocycles. The Bertz CT molecular complexity index is 447. The molecule has 98 valence electrons. The summed E-state index contributed by atoms with van der Waals surface area (Å²) in [4.78, 5) is 5.88. The molecule has 0 aliphatic heterocycles. The fourth-order valence-corrected chi connectivity index (χ4v) is 2.99. The van der Waals surface area contributed by atoms with Crippen LogP contribution in [0.1, 0.15) is 43.3 Å². The van der Waals surface area contributed by atoms with Gasteiger partial charge in [-0.3, -0.25) is 0 Å². The summed E-state index contributed by atoms with van der Waals surface area (Å²) in [6.45, 7) is 6.31. The van der Waals surface area contributed by atoms with Gasteiger partial charge < -0.3 is 9.88 Å². The van der Waals surface area contributed by atoms with Crippen LogP contribution in [0.3, 0.4) is 0 Å². The Morgan fingerprint density at radius 3 is 3.00 bits per heavy atom. The number of aromatic nitrogens is 2. The molecule has 1 N–H and O–H groups in total. The van der Waals surface area contributed by atoms with Gasteiger partial charge in [-0.05, 0) is 30.8 Å². The lowest BCUT2D eigenvalue weighted by atomic mass is 10.2. The summed E-state index contributed by atoms with van der Waals surface area (Å²) in [5, 5.41) is 5.52. The average Bonchev–Trinajstić information content (AvgIpc) is 3.03. The molecule has 2 heterocycles. The molecular formula is C14H21N3S. The highest BCUT2D eigenvalue weighted by molar-refractivity contribution is 7.10. The summed E-state index contributed by atoms with van der Waals surface area (Å²) in [6, 6.07) is 4.74. The Balaban J connectivity index is 2.03. The third-order valence-corrected chi connectivity index (χ3v) is 3.98. The molecule has 2 rings (SSSR count). The van der Waals surface area contributed by atoms with Crippen LogP contribution in [0.15, 0.2) is 30.0 Å². The highest BCUT2D eigenvalue weighted by atomic mass is 32.1. The second-order valence-electron chi connectivity index (χ2n) is 4.43. The van der Waals surface area contributed by atoms with E-state index in [4.69, 9.17) is 0 Å². The third-order valence-electron chi connectivity index (χ3n) is 3.01. The van der Waals surface area contributed by atoms with Crippen molar-refractivity contribution in [3.8, 4) is 0 Å². The zero-order valence-electron chi connectivity index (χ0n) is 11.1. The number of nitrogens with zero attached hydrogens (tertiary/aromatic N) is 2. The quantitative estimate of drug-likeness (QED) is 0.775. The topological polar surface area (TPSA) is 29.9 Å². The molecule has 0 aliphatic rings. The minimum absolute atomic E-state index is 0.428. The maximum absolute atomic E-state index is 4.47. The van der Waals surface area contributed by atoms with Gasteiger partial charge in [-0.25, -0.2) is 4.98 Å². The van der Waals surface area contributed by atoms with Crippen molar-refractivity contribution in [1.82, 2.24) is 14.9 Å². The second kappa shape index (κ2) is 6.71. The Labute approximate surface area is 113 Å². The monoisotopic (exact) mass is 263 g/mol. The first-order valence-corrected chi connectivity index (χ1v) is 7.49. The first-order valence-electron chi connectivity index (χ1n) is 6.61. The van der Waals surface area contributed by atoms with E-state index in [0.29, 0.717) is 6.04 Å². The molecule has 0 saturated carbocycles. The van der Waals surface area contributed by atoms with Gasteiger partial charge in [0.15, 0.2) is 0 Å². The highest BCUT2D eigenvalue weighted by Crippen LogP contribution is 2.26. The molecule has 2 aromatic rings. The van der Waals surface area contributed by atoms with E-state index >= 15 is 0 Å². The SMILES string of the molecule is CCCNCc1cn(C(CC)c2cccs2)cn1. The molecular weight excluding hydrogens is 242 g/mol. The highest BCUT2D eigenvalue weighted by Gasteiger charge is 2.12. The number of imidazole rings is 1. The van der Waals surface area contributed by atoms with Crippen molar-refractivity contribution < 1.29 is 0 Å². The van der Waals surface area contributed by atoms with Gasteiger partial charge in [0.1, 0.15) is 0 Å². The van der Waals surface area contributed by atoms with Crippen molar-refractivity contribution in [2.75, 3.05) is 6.54 Å². The Morgan fingerprint density at radius 1 is 1.44 bits per heavy atom. The summed E-state index contributed by atoms with van der Waals surface area (Å²) in [5.74, 6) is 0. The van der Waals surface area contributed by atoms with Gasteiger partial charge in [-0.2, -0.15) is 0 Å². The molecule has 0 amide bonds. The summed E-state index contributed by atoms with van der Waals surface area (Å²) >= 11 is 1.82. The van der Waals surface area contributed by atoms with Crippen LogP contribution in [0.2, 0.25) is 0 Å². The van der Waals surface area contributed by atoms with Crippen LogP contribution in [-0.4, -0.2) is 16.1 Å². The van der Waals surface area contributed by atoms with Gasteiger partial charge >= 0.3 is 0 Å². The molecule has 0 fully saturated rings. The lowest BCUT2D eigenvalue weighted by Crippen LogP contribution is -2.14. The number of thiophene rings is 1. The lowest BCUT2D eigenvalue weighted by Gasteiger charge is -2.14. The van der Waals surface area contributed by atoms with Crippen molar-refractivity contribution in [2.24, 2.45) is 0 Å². The van der Waals surface area contributed by atoms with E-state index in [2.05, 4.69) is 52.4 Å². The fraction of sp³-hybridized carbons (Fsp3) is 0.500. The van der Waals surface area contributed by atoms with Gasteiger partial charge in [0, 0.05) is 17.6 Å². The number of hydrogen-bond donors (Lipinski definition) is 1. The van der Waals surface area contributed by atoms with Crippen LogP contribution in [0.25, 0.3) is 0 Å². The summed E-state index contributed by atoms with van der Waals surface area (Å²) < 4.78 is 2.23. The molecule has 3 nitrogen and oxygen atoms in total. The first-order chi connectivity index (χ1) is 8.85. The molecule has 0 aromatic carbocycles. The number of hydrogen-bond acceptors (Lipinski definition) is 3. The summed E-state index contributed by atoms with van der Waals surface area (Å²) in [7, 11) is 0. The Hall–Kier alpha value is -1.13. The van der Waals surface area contributed by atoms with Crippen LogP contribution in [-0.2, 0) is 6.54 Å². The molecule has 18 heavy (non-hydrogen) atoms. The Morgan fingerprint density at radius 2 is 2.33 bits per heavy atom. The molecule has 0 radical (unpaired) electrons. The minimum Gasteiger partial charge on any atom is -0.329 e. The summed E-state index contributed by atoms with van der Waals surface area (Å²) in [6.07, 6.45) is 6.37. The van der Waals surface area contributed by atoms with Crippen molar-refractivity contribution in [2.45, 2.75) is 39.3 Å².